The Kier molecular flexibility index (Phi) is 7.29. The van der Waals surface area contributed by atoms with Crippen molar-refractivity contribution in [3.63, 3.8) is 0 Å². The highest BCUT2D eigenvalue weighted by atomic mass is 19.4. The summed E-state index contributed by atoms with van der Waals surface area (Å²) in [6.45, 7) is 5.50. The molecular weight excluding hydrogens is 429 g/mol. The molecule has 0 bridgehead atoms. The first kappa shape index (κ1) is 23.5. The van der Waals surface area contributed by atoms with E-state index in [0.717, 1.165) is 30.2 Å². The number of alkyl halides is 3. The van der Waals surface area contributed by atoms with Crippen molar-refractivity contribution >= 4 is 17.7 Å². The van der Waals surface area contributed by atoms with E-state index in [9.17, 15) is 18.0 Å². The molecule has 32 heavy (non-hydrogen) atoms. The average molecular weight is 452 g/mol. The number of anilines is 1. The van der Waals surface area contributed by atoms with Crippen LogP contribution in [-0.4, -0.2) is 77.1 Å². The Balaban J connectivity index is 0.000000360. The number of rotatable bonds is 2. The zero-order valence-corrected chi connectivity index (χ0v) is 17.3. The molecule has 2 atom stereocenters. The lowest BCUT2D eigenvalue weighted by atomic mass is 10.1. The number of hydrogen-bond donors (Lipinski definition) is 1. The number of amides is 1. The molecule has 172 valence electrons. The van der Waals surface area contributed by atoms with E-state index in [1.807, 2.05) is 54.3 Å². The Hall–Kier alpha value is -3.21. The lowest BCUT2D eigenvalue weighted by Gasteiger charge is -2.24. The quantitative estimate of drug-likeness (QED) is 0.748. The highest BCUT2D eigenvalue weighted by Gasteiger charge is 2.39. The van der Waals surface area contributed by atoms with Crippen molar-refractivity contribution in [3.05, 3.63) is 53.7 Å². The van der Waals surface area contributed by atoms with Crippen molar-refractivity contribution in [3.8, 4) is 0 Å². The monoisotopic (exact) mass is 452 g/mol. The van der Waals surface area contributed by atoms with Gasteiger partial charge in [0.15, 0.2) is 5.82 Å². The number of carbonyl (C=O) groups excluding carboxylic acids is 1. The van der Waals surface area contributed by atoms with E-state index in [1.165, 1.54) is 0 Å². The molecule has 4 rings (SSSR count). The van der Waals surface area contributed by atoms with Crippen LogP contribution in [0.25, 0.3) is 0 Å². The lowest BCUT2D eigenvalue weighted by molar-refractivity contribution is -0.192. The Morgan fingerprint density at radius 2 is 1.75 bits per heavy atom. The number of aryl methyl sites for hydroxylation is 1. The summed E-state index contributed by atoms with van der Waals surface area (Å²) < 4.78 is 37.8. The maximum atomic E-state index is 12.8. The highest BCUT2D eigenvalue weighted by Crippen LogP contribution is 2.27. The number of carboxylic acid groups (broad SMARTS) is 1. The predicted octanol–water partition coefficient (Wildman–Crippen LogP) is 2.40. The molecule has 0 radical (unpaired) electrons. The van der Waals surface area contributed by atoms with Crippen LogP contribution in [0.1, 0.15) is 16.1 Å². The second-order valence-corrected chi connectivity index (χ2v) is 7.53. The minimum Gasteiger partial charge on any atom is -0.475 e. The lowest BCUT2D eigenvalue weighted by Crippen LogP contribution is -2.37. The fraction of sp³-hybridized carbons (Fsp3) is 0.429. The highest BCUT2D eigenvalue weighted by molar-refractivity contribution is 5.94. The minimum absolute atomic E-state index is 0.0819. The van der Waals surface area contributed by atoms with E-state index < -0.39 is 12.1 Å². The third kappa shape index (κ3) is 5.94. The van der Waals surface area contributed by atoms with Crippen molar-refractivity contribution < 1.29 is 32.6 Å². The number of aromatic nitrogens is 2. The van der Waals surface area contributed by atoms with Crippen LogP contribution in [0.15, 0.2) is 42.5 Å². The smallest absolute Gasteiger partial charge is 0.475 e. The van der Waals surface area contributed by atoms with Crippen LogP contribution in [0.3, 0.4) is 0 Å². The van der Waals surface area contributed by atoms with Gasteiger partial charge in [-0.3, -0.25) is 4.79 Å². The van der Waals surface area contributed by atoms with Gasteiger partial charge in [-0.05, 0) is 31.2 Å². The summed E-state index contributed by atoms with van der Waals surface area (Å²) in [4.78, 5) is 25.8. The Morgan fingerprint density at radius 1 is 1.06 bits per heavy atom. The topological polar surface area (TPSA) is 95.9 Å². The molecule has 3 heterocycles. The third-order valence-electron chi connectivity index (χ3n) is 5.19. The number of carboxylic acids is 1. The molecule has 0 saturated carbocycles. The van der Waals surface area contributed by atoms with Gasteiger partial charge in [-0.1, -0.05) is 18.2 Å². The maximum absolute atomic E-state index is 12.8. The Labute approximate surface area is 182 Å². The summed E-state index contributed by atoms with van der Waals surface area (Å²) in [5, 5.41) is 15.6. The van der Waals surface area contributed by atoms with Gasteiger partial charge in [0.2, 0.25) is 0 Å². The molecule has 2 aliphatic rings. The number of aliphatic carboxylic acids is 1. The van der Waals surface area contributed by atoms with Gasteiger partial charge in [-0.25, -0.2) is 4.79 Å². The van der Waals surface area contributed by atoms with Crippen molar-refractivity contribution in [1.82, 2.24) is 15.1 Å². The second-order valence-electron chi connectivity index (χ2n) is 7.53. The van der Waals surface area contributed by atoms with Crippen LogP contribution in [0.4, 0.5) is 19.0 Å². The molecule has 11 heteroatoms. The molecular formula is C21H23F3N4O4. The summed E-state index contributed by atoms with van der Waals surface area (Å²) in [7, 11) is 0. The molecule has 0 unspecified atom stereocenters. The molecule has 1 aromatic carbocycles. The number of hydrogen-bond acceptors (Lipinski definition) is 6. The Bertz CT molecular complexity index is 925. The summed E-state index contributed by atoms with van der Waals surface area (Å²) in [5.74, 6) is -1.51. The minimum atomic E-state index is -5.08. The van der Waals surface area contributed by atoms with Crippen molar-refractivity contribution in [2.45, 2.75) is 19.2 Å². The first-order valence-electron chi connectivity index (χ1n) is 9.96. The third-order valence-corrected chi connectivity index (χ3v) is 5.19. The molecule has 2 fully saturated rings. The Morgan fingerprint density at radius 3 is 2.34 bits per heavy atom. The largest absolute Gasteiger partial charge is 0.490 e. The molecule has 1 amide bonds. The van der Waals surface area contributed by atoms with E-state index in [2.05, 4.69) is 15.1 Å². The average Bonchev–Trinajstić information content (AvgIpc) is 3.05. The summed E-state index contributed by atoms with van der Waals surface area (Å²) in [6.07, 6.45) is -4.95. The van der Waals surface area contributed by atoms with E-state index in [0.29, 0.717) is 25.6 Å². The van der Waals surface area contributed by atoms with Crippen molar-refractivity contribution in [1.29, 1.82) is 0 Å². The fourth-order valence-corrected chi connectivity index (χ4v) is 3.59. The number of fused-ring (bicyclic) bond motifs is 1. The molecule has 1 N–H and O–H groups in total. The van der Waals surface area contributed by atoms with Crippen LogP contribution >= 0.6 is 0 Å². The number of benzene rings is 1. The zero-order valence-electron chi connectivity index (χ0n) is 17.3. The summed E-state index contributed by atoms with van der Waals surface area (Å²) in [5.41, 5.74) is 1.65. The van der Waals surface area contributed by atoms with Crippen LogP contribution in [-0.2, 0) is 9.53 Å². The van der Waals surface area contributed by atoms with E-state index >= 15 is 0 Å². The maximum Gasteiger partial charge on any atom is 0.490 e. The molecule has 8 nitrogen and oxygen atoms in total. The van der Waals surface area contributed by atoms with Crippen LogP contribution in [0.2, 0.25) is 0 Å². The molecule has 0 spiro atoms. The molecule has 1 aromatic heterocycles. The normalized spacial score (nSPS) is 20.6. The molecule has 0 aliphatic carbocycles. The number of halogens is 3. The van der Waals surface area contributed by atoms with Gasteiger partial charge in [-0.2, -0.15) is 18.3 Å². The van der Waals surface area contributed by atoms with Gasteiger partial charge in [0.25, 0.3) is 5.91 Å². The second kappa shape index (κ2) is 9.94. The van der Waals surface area contributed by atoms with Crippen molar-refractivity contribution in [2.75, 3.05) is 37.7 Å². The van der Waals surface area contributed by atoms with E-state index in [-0.39, 0.29) is 12.0 Å². The van der Waals surface area contributed by atoms with Gasteiger partial charge in [-0.15, -0.1) is 5.10 Å². The van der Waals surface area contributed by atoms with E-state index in [4.69, 9.17) is 14.6 Å². The number of ether oxygens (including phenoxy) is 1. The van der Waals surface area contributed by atoms with Gasteiger partial charge < -0.3 is 19.6 Å². The van der Waals surface area contributed by atoms with Gasteiger partial charge in [0, 0.05) is 37.7 Å². The predicted molar refractivity (Wildman–Crippen MR) is 108 cm³/mol. The first-order chi connectivity index (χ1) is 15.1. The number of carbonyl (C=O) groups is 2. The molecule has 2 aliphatic heterocycles. The molecule has 2 saturated heterocycles. The first-order valence-corrected chi connectivity index (χ1v) is 9.96. The van der Waals surface area contributed by atoms with Gasteiger partial charge in [0.1, 0.15) is 0 Å². The molecule has 2 aromatic rings. The van der Waals surface area contributed by atoms with Crippen LogP contribution in [0.5, 0.6) is 0 Å². The van der Waals surface area contributed by atoms with Gasteiger partial charge in [0.05, 0.1) is 18.4 Å². The van der Waals surface area contributed by atoms with Gasteiger partial charge >= 0.3 is 12.1 Å². The van der Waals surface area contributed by atoms with E-state index in [1.54, 1.807) is 0 Å². The van der Waals surface area contributed by atoms with Crippen LogP contribution in [0, 0.1) is 12.8 Å². The fourth-order valence-electron chi connectivity index (χ4n) is 3.59. The SMILES string of the molecule is Cc1ccc(N2C[C@@H]3CN(C(=O)c4ccccc4)CCO[C@@H]3C2)nn1.O=C(O)C(F)(F)F. The summed E-state index contributed by atoms with van der Waals surface area (Å²) in [6, 6.07) is 13.4. The standard InChI is InChI=1S/C19H22N4O2.C2HF3O2/c1-14-7-8-18(21-20-14)23-12-16-11-22(9-10-25-17(16)13-23)19(24)15-5-3-2-4-6-15;3-2(4,5)1(6)7/h2-8,16-17H,9-13H2,1H3;(H,6,7)/t16-,17+;/m0./s1. The number of nitrogens with zero attached hydrogens (tertiary/aromatic N) is 4. The summed E-state index contributed by atoms with van der Waals surface area (Å²) >= 11 is 0. The van der Waals surface area contributed by atoms with Crippen molar-refractivity contribution in [2.24, 2.45) is 5.92 Å². The van der Waals surface area contributed by atoms with Crippen LogP contribution < -0.4 is 4.90 Å². The zero-order chi connectivity index (χ0) is 23.3.